The molecule has 208 valence electrons. The molecule has 0 aliphatic rings. The van der Waals surface area contributed by atoms with Crippen molar-refractivity contribution in [1.82, 2.24) is 5.32 Å². The summed E-state index contributed by atoms with van der Waals surface area (Å²) in [4.78, 5) is 39.4. The highest BCUT2D eigenvalue weighted by Crippen LogP contribution is 2.22. The number of aryl methyl sites for hydroxylation is 2. The smallest absolute Gasteiger partial charge is 0.272 e. The number of anilines is 2. The fraction of sp³-hybridized carbons (Fsp3) is 0.121. The molecule has 0 saturated carbocycles. The lowest BCUT2D eigenvalue weighted by Crippen LogP contribution is -2.30. The molecule has 0 unspecified atom stereocenters. The third-order valence-corrected chi connectivity index (χ3v) is 6.96. The minimum Gasteiger partial charge on any atom is -0.497 e. The van der Waals surface area contributed by atoms with Gasteiger partial charge in [-0.15, -0.1) is 11.8 Å². The summed E-state index contributed by atoms with van der Waals surface area (Å²) in [6, 6.07) is 28.9. The van der Waals surface area contributed by atoms with Crippen molar-refractivity contribution in [3.63, 3.8) is 0 Å². The number of benzene rings is 4. The maximum absolute atomic E-state index is 13.3. The van der Waals surface area contributed by atoms with Gasteiger partial charge >= 0.3 is 0 Å². The van der Waals surface area contributed by atoms with Crippen molar-refractivity contribution in [3.05, 3.63) is 125 Å². The summed E-state index contributed by atoms with van der Waals surface area (Å²) in [7, 11) is 1.58. The van der Waals surface area contributed by atoms with Crippen LogP contribution in [0.25, 0.3) is 6.08 Å². The third kappa shape index (κ3) is 8.84. The van der Waals surface area contributed by atoms with Gasteiger partial charge in [-0.3, -0.25) is 14.4 Å². The number of amides is 3. The Morgan fingerprint density at radius 1 is 0.780 bits per heavy atom. The second kappa shape index (κ2) is 14.0. The number of hydrogen-bond donors (Lipinski definition) is 3. The lowest BCUT2D eigenvalue weighted by molar-refractivity contribution is -0.114. The van der Waals surface area contributed by atoms with Gasteiger partial charge in [0.05, 0.1) is 12.9 Å². The van der Waals surface area contributed by atoms with Crippen LogP contribution in [0, 0.1) is 13.8 Å². The van der Waals surface area contributed by atoms with Crippen molar-refractivity contribution in [2.75, 3.05) is 23.5 Å². The predicted octanol–water partition coefficient (Wildman–Crippen LogP) is 6.45. The molecule has 4 rings (SSSR count). The van der Waals surface area contributed by atoms with E-state index in [4.69, 9.17) is 4.74 Å². The van der Waals surface area contributed by atoms with E-state index < -0.39 is 11.8 Å². The first-order chi connectivity index (χ1) is 19.8. The molecular formula is C33H31N3O4S. The Hall–Kier alpha value is -4.82. The van der Waals surface area contributed by atoms with E-state index in [1.54, 1.807) is 73.8 Å². The fourth-order valence-electron chi connectivity index (χ4n) is 4.03. The van der Waals surface area contributed by atoms with Gasteiger partial charge in [-0.2, -0.15) is 0 Å². The number of ether oxygens (including phenoxy) is 1. The molecule has 0 aromatic heterocycles. The van der Waals surface area contributed by atoms with Crippen LogP contribution in [0.5, 0.6) is 5.75 Å². The van der Waals surface area contributed by atoms with E-state index in [2.05, 4.69) is 22.0 Å². The van der Waals surface area contributed by atoms with Crippen LogP contribution in [-0.2, 0) is 9.59 Å². The number of nitrogens with one attached hydrogen (secondary N) is 3. The third-order valence-electron chi connectivity index (χ3n) is 5.94. The second-order valence-electron chi connectivity index (χ2n) is 9.34. The Balaban J connectivity index is 1.40. The second-order valence-corrected chi connectivity index (χ2v) is 10.4. The molecule has 0 spiro atoms. The molecule has 3 amide bonds. The number of hydrogen-bond acceptors (Lipinski definition) is 5. The van der Waals surface area contributed by atoms with Crippen LogP contribution in [0.3, 0.4) is 0 Å². The van der Waals surface area contributed by atoms with Crippen LogP contribution in [-0.4, -0.2) is 30.6 Å². The van der Waals surface area contributed by atoms with E-state index in [9.17, 15) is 14.4 Å². The molecular weight excluding hydrogens is 534 g/mol. The Morgan fingerprint density at radius 3 is 2.07 bits per heavy atom. The van der Waals surface area contributed by atoms with Gasteiger partial charge in [0, 0.05) is 21.8 Å². The average molecular weight is 566 g/mol. The highest BCUT2D eigenvalue weighted by atomic mass is 32.2. The van der Waals surface area contributed by atoms with Gasteiger partial charge in [0.15, 0.2) is 0 Å². The van der Waals surface area contributed by atoms with Gasteiger partial charge in [-0.05, 0) is 97.3 Å². The summed E-state index contributed by atoms with van der Waals surface area (Å²) in [5.74, 6) is -0.0365. The Bertz CT molecular complexity index is 1530. The molecule has 0 aliphatic heterocycles. The fourth-order valence-corrected chi connectivity index (χ4v) is 4.73. The predicted molar refractivity (Wildman–Crippen MR) is 165 cm³/mol. The molecule has 0 atom stereocenters. The average Bonchev–Trinajstić information content (AvgIpc) is 2.96. The Morgan fingerprint density at radius 2 is 1.44 bits per heavy atom. The number of methoxy groups -OCH3 is 1. The van der Waals surface area contributed by atoms with E-state index in [1.165, 1.54) is 11.8 Å². The highest BCUT2D eigenvalue weighted by Gasteiger charge is 2.15. The Kier molecular flexibility index (Phi) is 9.96. The van der Waals surface area contributed by atoms with Gasteiger partial charge in [0.2, 0.25) is 5.91 Å². The standard InChI is InChI=1S/C33H31N3O4S/c1-22-17-23(2)19-27(18-22)34-31(37)21-41-29-15-11-26(12-16-29)35-33(39)30(20-24-9-13-28(40-3)14-10-24)36-32(38)25-7-5-4-6-8-25/h4-20H,21H2,1-3H3,(H,34,37)(H,35,39)(H,36,38). The lowest BCUT2D eigenvalue weighted by Gasteiger charge is -2.12. The normalized spacial score (nSPS) is 11.0. The number of rotatable bonds is 10. The molecule has 4 aromatic carbocycles. The monoisotopic (exact) mass is 565 g/mol. The van der Waals surface area contributed by atoms with Crippen molar-refractivity contribution in [2.45, 2.75) is 18.7 Å². The van der Waals surface area contributed by atoms with E-state index in [-0.39, 0.29) is 17.4 Å². The van der Waals surface area contributed by atoms with Crippen LogP contribution in [0.1, 0.15) is 27.0 Å². The number of carbonyl (C=O) groups is 3. The number of thioether (sulfide) groups is 1. The van der Waals surface area contributed by atoms with Crippen molar-refractivity contribution < 1.29 is 19.1 Å². The molecule has 0 aliphatic carbocycles. The minimum atomic E-state index is -0.474. The van der Waals surface area contributed by atoms with E-state index >= 15 is 0 Å². The molecule has 41 heavy (non-hydrogen) atoms. The zero-order valence-electron chi connectivity index (χ0n) is 23.1. The van der Waals surface area contributed by atoms with Gasteiger partial charge in [0.1, 0.15) is 11.4 Å². The minimum absolute atomic E-state index is 0.0885. The molecule has 4 aromatic rings. The summed E-state index contributed by atoms with van der Waals surface area (Å²) in [5.41, 5.74) is 4.75. The molecule has 0 heterocycles. The summed E-state index contributed by atoms with van der Waals surface area (Å²) >= 11 is 1.40. The summed E-state index contributed by atoms with van der Waals surface area (Å²) in [5, 5.41) is 8.51. The van der Waals surface area contributed by atoms with Crippen LogP contribution in [0.2, 0.25) is 0 Å². The van der Waals surface area contributed by atoms with Crippen LogP contribution < -0.4 is 20.7 Å². The zero-order valence-corrected chi connectivity index (χ0v) is 23.9. The van der Waals surface area contributed by atoms with Gasteiger partial charge in [-0.25, -0.2) is 0 Å². The Labute approximate surface area is 244 Å². The highest BCUT2D eigenvalue weighted by molar-refractivity contribution is 8.00. The summed E-state index contributed by atoms with van der Waals surface area (Å²) in [6.45, 7) is 3.99. The largest absolute Gasteiger partial charge is 0.497 e. The van der Waals surface area contributed by atoms with Gasteiger partial charge in [-0.1, -0.05) is 36.4 Å². The topological polar surface area (TPSA) is 96.5 Å². The molecule has 3 N–H and O–H groups in total. The van der Waals surface area contributed by atoms with E-state index in [0.29, 0.717) is 17.0 Å². The van der Waals surface area contributed by atoms with Crippen LogP contribution in [0.4, 0.5) is 11.4 Å². The lowest BCUT2D eigenvalue weighted by atomic mass is 10.1. The first-order valence-corrected chi connectivity index (χ1v) is 13.9. The van der Waals surface area contributed by atoms with Crippen molar-refractivity contribution in [2.24, 2.45) is 0 Å². The molecule has 8 heteroatoms. The van der Waals surface area contributed by atoms with Gasteiger partial charge < -0.3 is 20.7 Å². The molecule has 0 radical (unpaired) electrons. The van der Waals surface area contributed by atoms with Crippen LogP contribution in [0.15, 0.2) is 108 Å². The molecule has 0 bridgehead atoms. The number of carbonyl (C=O) groups excluding carboxylic acids is 3. The first-order valence-electron chi connectivity index (χ1n) is 12.9. The van der Waals surface area contributed by atoms with E-state index in [1.807, 2.05) is 44.2 Å². The van der Waals surface area contributed by atoms with Gasteiger partial charge in [0.25, 0.3) is 11.8 Å². The van der Waals surface area contributed by atoms with Crippen molar-refractivity contribution >= 4 is 46.9 Å². The molecule has 0 fully saturated rings. The summed E-state index contributed by atoms with van der Waals surface area (Å²) < 4.78 is 5.20. The zero-order chi connectivity index (χ0) is 29.2. The van der Waals surface area contributed by atoms with Crippen LogP contribution >= 0.6 is 11.8 Å². The maximum Gasteiger partial charge on any atom is 0.272 e. The van der Waals surface area contributed by atoms with Crippen molar-refractivity contribution in [1.29, 1.82) is 0 Å². The molecule has 0 saturated heterocycles. The molecule has 7 nitrogen and oxygen atoms in total. The maximum atomic E-state index is 13.3. The quantitative estimate of drug-likeness (QED) is 0.152. The first kappa shape index (κ1) is 29.2. The van der Waals surface area contributed by atoms with Crippen molar-refractivity contribution in [3.8, 4) is 5.75 Å². The SMILES string of the molecule is COc1ccc(C=C(NC(=O)c2ccccc2)C(=O)Nc2ccc(SCC(=O)Nc3cc(C)cc(C)c3)cc2)cc1. The van der Waals surface area contributed by atoms with E-state index in [0.717, 1.165) is 27.3 Å². The summed E-state index contributed by atoms with van der Waals surface area (Å²) in [6.07, 6.45) is 1.61.